The standard InChI is InChI=1S/C15H10Cl2F2N2/c16-7-6-14-20-12-3-1-2-10(17)15(12)21(14)13-5-4-9(18)8-11(13)19/h1-5,8H,6-7H2. The van der Waals surface area contributed by atoms with Gasteiger partial charge in [-0.05, 0) is 24.3 Å². The van der Waals surface area contributed by atoms with E-state index < -0.39 is 11.6 Å². The van der Waals surface area contributed by atoms with Crippen LogP contribution in [0.25, 0.3) is 16.7 Å². The van der Waals surface area contributed by atoms with Gasteiger partial charge >= 0.3 is 0 Å². The molecule has 0 aliphatic heterocycles. The van der Waals surface area contributed by atoms with Crippen molar-refractivity contribution in [2.75, 3.05) is 5.88 Å². The zero-order valence-corrected chi connectivity index (χ0v) is 12.3. The van der Waals surface area contributed by atoms with E-state index in [2.05, 4.69) is 4.98 Å². The lowest BCUT2D eigenvalue weighted by atomic mass is 10.2. The minimum atomic E-state index is -0.676. The summed E-state index contributed by atoms with van der Waals surface area (Å²) < 4.78 is 28.8. The van der Waals surface area contributed by atoms with Crippen LogP contribution in [0.2, 0.25) is 5.02 Å². The molecule has 21 heavy (non-hydrogen) atoms. The summed E-state index contributed by atoms with van der Waals surface area (Å²) in [5.41, 5.74) is 1.43. The molecule has 0 saturated carbocycles. The molecule has 3 aromatic rings. The van der Waals surface area contributed by atoms with Crippen LogP contribution in [0.5, 0.6) is 0 Å². The molecule has 0 amide bonds. The van der Waals surface area contributed by atoms with Crippen molar-refractivity contribution in [3.63, 3.8) is 0 Å². The molecule has 0 saturated heterocycles. The number of nitrogens with zero attached hydrogens (tertiary/aromatic N) is 2. The van der Waals surface area contributed by atoms with Crippen LogP contribution in [-0.4, -0.2) is 15.4 Å². The van der Waals surface area contributed by atoms with Gasteiger partial charge < -0.3 is 0 Å². The van der Waals surface area contributed by atoms with E-state index in [0.717, 1.165) is 6.07 Å². The van der Waals surface area contributed by atoms with Gasteiger partial charge in [-0.15, -0.1) is 11.6 Å². The molecule has 108 valence electrons. The van der Waals surface area contributed by atoms with Crippen molar-refractivity contribution in [1.29, 1.82) is 0 Å². The number of benzene rings is 2. The number of aromatic nitrogens is 2. The van der Waals surface area contributed by atoms with Crippen LogP contribution >= 0.6 is 23.2 Å². The second-order valence-corrected chi connectivity index (χ2v) is 5.29. The highest BCUT2D eigenvalue weighted by atomic mass is 35.5. The van der Waals surface area contributed by atoms with Gasteiger partial charge in [-0.3, -0.25) is 4.57 Å². The van der Waals surface area contributed by atoms with Crippen LogP contribution < -0.4 is 0 Å². The number of fused-ring (bicyclic) bond motifs is 1. The van der Waals surface area contributed by atoms with E-state index in [4.69, 9.17) is 23.2 Å². The Hall–Kier alpha value is -1.65. The van der Waals surface area contributed by atoms with Gasteiger partial charge in [0.05, 0.1) is 21.7 Å². The smallest absolute Gasteiger partial charge is 0.150 e. The average Bonchev–Trinajstić information content (AvgIpc) is 2.79. The van der Waals surface area contributed by atoms with Gasteiger partial charge in [0, 0.05) is 18.4 Å². The Morgan fingerprint density at radius 3 is 2.67 bits per heavy atom. The predicted molar refractivity (Wildman–Crippen MR) is 80.4 cm³/mol. The first-order valence-corrected chi connectivity index (χ1v) is 7.20. The zero-order valence-electron chi connectivity index (χ0n) is 10.8. The van der Waals surface area contributed by atoms with E-state index in [1.807, 2.05) is 0 Å². The molecular formula is C15H10Cl2F2N2. The third-order valence-corrected chi connectivity index (χ3v) is 3.66. The summed E-state index contributed by atoms with van der Waals surface area (Å²) in [5, 5.41) is 0.449. The van der Waals surface area contributed by atoms with E-state index in [9.17, 15) is 8.78 Å². The molecule has 2 aromatic carbocycles. The first-order valence-electron chi connectivity index (χ1n) is 6.29. The number of hydrogen-bond donors (Lipinski definition) is 0. The van der Waals surface area contributed by atoms with Gasteiger partial charge in [0.25, 0.3) is 0 Å². The number of para-hydroxylation sites is 1. The summed E-state index contributed by atoms with van der Waals surface area (Å²) in [6.07, 6.45) is 0.448. The first-order chi connectivity index (χ1) is 10.1. The fourth-order valence-electron chi connectivity index (χ4n) is 2.31. The number of hydrogen-bond acceptors (Lipinski definition) is 1. The van der Waals surface area contributed by atoms with E-state index in [1.54, 1.807) is 22.8 Å². The lowest BCUT2D eigenvalue weighted by Gasteiger charge is -2.10. The fraction of sp³-hybridized carbons (Fsp3) is 0.133. The van der Waals surface area contributed by atoms with Gasteiger partial charge in [-0.2, -0.15) is 0 Å². The van der Waals surface area contributed by atoms with E-state index in [0.29, 0.717) is 34.2 Å². The van der Waals surface area contributed by atoms with Crippen LogP contribution in [0.1, 0.15) is 5.82 Å². The summed E-state index contributed by atoms with van der Waals surface area (Å²) >= 11 is 12.0. The number of aryl methyl sites for hydroxylation is 1. The third-order valence-electron chi connectivity index (χ3n) is 3.17. The Kier molecular flexibility index (Phi) is 3.83. The zero-order chi connectivity index (χ0) is 15.0. The van der Waals surface area contributed by atoms with Crippen LogP contribution in [0.3, 0.4) is 0 Å². The molecule has 6 heteroatoms. The normalized spacial score (nSPS) is 11.2. The predicted octanol–water partition coefficient (Wildman–Crippen LogP) is 4.74. The molecule has 1 heterocycles. The SMILES string of the molecule is Fc1ccc(-n2c(CCCl)nc3cccc(Cl)c32)c(F)c1. The molecule has 0 spiro atoms. The largest absolute Gasteiger partial charge is 0.292 e. The summed E-state index contributed by atoms with van der Waals surface area (Å²) in [5.74, 6) is -0.390. The maximum Gasteiger partial charge on any atom is 0.150 e. The van der Waals surface area contributed by atoms with Crippen molar-refractivity contribution >= 4 is 34.2 Å². The lowest BCUT2D eigenvalue weighted by Crippen LogP contribution is -2.05. The number of imidazole rings is 1. The Bertz CT molecular complexity index is 815. The topological polar surface area (TPSA) is 17.8 Å². The number of halogens is 4. The summed E-state index contributed by atoms with van der Waals surface area (Å²) in [7, 11) is 0. The van der Waals surface area contributed by atoms with E-state index >= 15 is 0 Å². The molecule has 0 N–H and O–H groups in total. The molecule has 0 atom stereocenters. The Balaban J connectivity index is 2.35. The van der Waals surface area contributed by atoms with Gasteiger partial charge in [0.2, 0.25) is 0 Å². The Labute approximate surface area is 129 Å². The van der Waals surface area contributed by atoms with Crippen molar-refractivity contribution in [2.24, 2.45) is 0 Å². The van der Waals surface area contributed by atoms with Crippen LogP contribution in [0, 0.1) is 11.6 Å². The van der Waals surface area contributed by atoms with Gasteiger partial charge in [0.1, 0.15) is 17.5 Å². The molecule has 3 rings (SSSR count). The molecule has 0 bridgehead atoms. The molecule has 0 aliphatic rings. The Morgan fingerprint density at radius 1 is 1.14 bits per heavy atom. The fourth-order valence-corrected chi connectivity index (χ4v) is 2.73. The molecule has 0 unspecified atom stereocenters. The van der Waals surface area contributed by atoms with Crippen molar-refractivity contribution in [3.05, 3.63) is 58.9 Å². The molecule has 0 fully saturated rings. The molecule has 0 aliphatic carbocycles. The monoisotopic (exact) mass is 326 g/mol. The molecular weight excluding hydrogens is 317 g/mol. The van der Waals surface area contributed by atoms with E-state index in [1.165, 1.54) is 12.1 Å². The maximum absolute atomic E-state index is 14.1. The van der Waals surface area contributed by atoms with Gasteiger partial charge in [-0.25, -0.2) is 13.8 Å². The minimum Gasteiger partial charge on any atom is -0.292 e. The van der Waals surface area contributed by atoms with Crippen LogP contribution in [0.15, 0.2) is 36.4 Å². The highest BCUT2D eigenvalue weighted by Crippen LogP contribution is 2.29. The number of rotatable bonds is 3. The quantitative estimate of drug-likeness (QED) is 0.636. The average molecular weight is 327 g/mol. The summed E-state index contributed by atoms with van der Waals surface area (Å²) in [4.78, 5) is 4.44. The highest BCUT2D eigenvalue weighted by molar-refractivity contribution is 6.35. The van der Waals surface area contributed by atoms with Crippen molar-refractivity contribution in [3.8, 4) is 5.69 Å². The molecule has 2 nitrogen and oxygen atoms in total. The summed E-state index contributed by atoms with van der Waals surface area (Å²) in [6.45, 7) is 0. The maximum atomic E-state index is 14.1. The van der Waals surface area contributed by atoms with Crippen molar-refractivity contribution < 1.29 is 8.78 Å². The number of alkyl halides is 1. The van der Waals surface area contributed by atoms with Crippen LogP contribution in [0.4, 0.5) is 8.78 Å². The second kappa shape index (κ2) is 5.62. The van der Waals surface area contributed by atoms with Crippen molar-refractivity contribution in [1.82, 2.24) is 9.55 Å². The van der Waals surface area contributed by atoms with Gasteiger partial charge in [-0.1, -0.05) is 17.7 Å². The third kappa shape index (κ3) is 2.49. The van der Waals surface area contributed by atoms with Crippen LogP contribution in [-0.2, 0) is 6.42 Å². The Morgan fingerprint density at radius 2 is 1.95 bits per heavy atom. The molecule has 0 radical (unpaired) electrons. The summed E-state index contributed by atoms with van der Waals surface area (Å²) in [6, 6.07) is 8.67. The van der Waals surface area contributed by atoms with Gasteiger partial charge in [0.15, 0.2) is 0 Å². The molecule has 1 aromatic heterocycles. The highest BCUT2D eigenvalue weighted by Gasteiger charge is 2.17. The van der Waals surface area contributed by atoms with Crippen molar-refractivity contribution in [2.45, 2.75) is 6.42 Å². The second-order valence-electron chi connectivity index (χ2n) is 4.51. The minimum absolute atomic E-state index is 0.201. The lowest BCUT2D eigenvalue weighted by molar-refractivity contribution is 0.577. The first kappa shape index (κ1) is 14.3. The van der Waals surface area contributed by atoms with E-state index in [-0.39, 0.29) is 5.69 Å².